The Kier molecular flexibility index (Phi) is 10.6. The van der Waals surface area contributed by atoms with Crippen LogP contribution in [0.3, 0.4) is 0 Å². The lowest BCUT2D eigenvalue weighted by Crippen LogP contribution is -2.41. The predicted octanol–water partition coefficient (Wildman–Crippen LogP) is 1.73. The minimum absolute atomic E-state index is 0.151. The maximum absolute atomic E-state index is 13.2. The first-order valence-electron chi connectivity index (χ1n) is 8.67. The fourth-order valence-corrected chi connectivity index (χ4v) is 2.10. The molecule has 25 heavy (non-hydrogen) atoms. The van der Waals surface area contributed by atoms with E-state index in [4.69, 9.17) is 9.47 Å². The van der Waals surface area contributed by atoms with E-state index in [1.54, 1.807) is 19.2 Å². The van der Waals surface area contributed by atoms with Crippen LogP contribution in [0.15, 0.2) is 29.3 Å². The standard InChI is InChI=1S/C18H31FN4O2/c1-5-20-18(21-9-10-23(3)11-12-24-4)22-14-15(2)25-17-8-6-7-16(19)13-17/h6-8,13,15H,5,9-12,14H2,1-4H3,(H2,20,21,22). The van der Waals surface area contributed by atoms with Crippen molar-refractivity contribution in [2.45, 2.75) is 20.0 Å². The average molecular weight is 354 g/mol. The zero-order chi connectivity index (χ0) is 18.5. The Hall–Kier alpha value is -1.86. The number of likely N-dealkylation sites (N-methyl/N-ethyl adjacent to an activating group) is 1. The van der Waals surface area contributed by atoms with Gasteiger partial charge in [0.1, 0.15) is 17.7 Å². The second kappa shape index (κ2) is 12.5. The van der Waals surface area contributed by atoms with Crippen molar-refractivity contribution in [3.05, 3.63) is 30.1 Å². The van der Waals surface area contributed by atoms with Gasteiger partial charge in [-0.3, -0.25) is 0 Å². The average Bonchev–Trinajstić information content (AvgIpc) is 2.58. The molecular formula is C18H31FN4O2. The molecule has 0 aliphatic carbocycles. The summed E-state index contributed by atoms with van der Waals surface area (Å²) in [5.74, 6) is 0.957. The zero-order valence-corrected chi connectivity index (χ0v) is 15.7. The van der Waals surface area contributed by atoms with Crippen molar-refractivity contribution in [3.8, 4) is 5.75 Å². The number of hydrogen-bond acceptors (Lipinski definition) is 4. The van der Waals surface area contributed by atoms with E-state index in [2.05, 4.69) is 27.6 Å². The second-order valence-electron chi connectivity index (χ2n) is 5.83. The van der Waals surface area contributed by atoms with E-state index < -0.39 is 0 Å². The minimum atomic E-state index is -0.305. The summed E-state index contributed by atoms with van der Waals surface area (Å²) in [5, 5.41) is 6.51. The van der Waals surface area contributed by atoms with Crippen LogP contribution in [-0.4, -0.2) is 70.5 Å². The number of rotatable bonds is 11. The topological polar surface area (TPSA) is 58.1 Å². The van der Waals surface area contributed by atoms with Gasteiger partial charge in [-0.1, -0.05) is 6.07 Å². The molecule has 1 aromatic rings. The Morgan fingerprint density at radius 3 is 2.80 bits per heavy atom. The Labute approximate surface area is 150 Å². The lowest BCUT2D eigenvalue weighted by molar-refractivity contribution is 0.162. The Bertz CT molecular complexity index is 514. The maximum Gasteiger partial charge on any atom is 0.191 e. The number of guanidine groups is 1. The molecule has 0 aromatic heterocycles. The van der Waals surface area contributed by atoms with Gasteiger partial charge in [0, 0.05) is 39.4 Å². The van der Waals surface area contributed by atoms with E-state index >= 15 is 0 Å². The van der Waals surface area contributed by atoms with Crippen molar-refractivity contribution in [1.82, 2.24) is 15.5 Å². The van der Waals surface area contributed by atoms with Crippen molar-refractivity contribution >= 4 is 5.96 Å². The summed E-state index contributed by atoms with van der Waals surface area (Å²) in [6, 6.07) is 6.14. The highest BCUT2D eigenvalue weighted by Crippen LogP contribution is 2.13. The molecule has 0 aliphatic rings. The summed E-state index contributed by atoms with van der Waals surface area (Å²) < 4.78 is 23.9. The Morgan fingerprint density at radius 2 is 2.12 bits per heavy atom. The maximum atomic E-state index is 13.2. The monoisotopic (exact) mass is 354 g/mol. The van der Waals surface area contributed by atoms with Crippen LogP contribution in [-0.2, 0) is 4.74 Å². The molecular weight excluding hydrogens is 323 g/mol. The highest BCUT2D eigenvalue weighted by molar-refractivity contribution is 5.79. The van der Waals surface area contributed by atoms with Crippen LogP contribution in [0.5, 0.6) is 5.75 Å². The van der Waals surface area contributed by atoms with Gasteiger partial charge in [0.15, 0.2) is 5.96 Å². The molecule has 2 N–H and O–H groups in total. The lowest BCUT2D eigenvalue weighted by atomic mass is 10.3. The van der Waals surface area contributed by atoms with Gasteiger partial charge in [-0.25, -0.2) is 9.38 Å². The van der Waals surface area contributed by atoms with Crippen LogP contribution in [0.1, 0.15) is 13.8 Å². The molecule has 6 nitrogen and oxygen atoms in total. The molecule has 0 saturated heterocycles. The van der Waals surface area contributed by atoms with E-state index in [0.29, 0.717) is 12.3 Å². The largest absolute Gasteiger partial charge is 0.489 e. The highest BCUT2D eigenvalue weighted by atomic mass is 19.1. The van der Waals surface area contributed by atoms with Crippen molar-refractivity contribution in [3.63, 3.8) is 0 Å². The van der Waals surface area contributed by atoms with Gasteiger partial charge in [-0.05, 0) is 33.0 Å². The van der Waals surface area contributed by atoms with Crippen LogP contribution in [0, 0.1) is 5.82 Å². The molecule has 0 radical (unpaired) electrons. The fraction of sp³-hybridized carbons (Fsp3) is 0.611. The molecule has 0 spiro atoms. The van der Waals surface area contributed by atoms with E-state index in [1.165, 1.54) is 12.1 Å². The van der Waals surface area contributed by atoms with Crippen LogP contribution in [0.2, 0.25) is 0 Å². The van der Waals surface area contributed by atoms with Gasteiger partial charge < -0.3 is 25.0 Å². The molecule has 0 fully saturated rings. The zero-order valence-electron chi connectivity index (χ0n) is 15.7. The molecule has 7 heteroatoms. The number of nitrogens with zero attached hydrogens (tertiary/aromatic N) is 2. The number of halogens is 1. The van der Waals surface area contributed by atoms with Crippen LogP contribution in [0.25, 0.3) is 0 Å². The smallest absolute Gasteiger partial charge is 0.191 e. The van der Waals surface area contributed by atoms with E-state index in [9.17, 15) is 4.39 Å². The summed E-state index contributed by atoms with van der Waals surface area (Å²) in [4.78, 5) is 6.71. The minimum Gasteiger partial charge on any atom is -0.489 e. The first-order valence-corrected chi connectivity index (χ1v) is 8.67. The van der Waals surface area contributed by atoms with Gasteiger partial charge in [-0.2, -0.15) is 0 Å². The van der Waals surface area contributed by atoms with Gasteiger partial charge in [0.05, 0.1) is 13.2 Å². The highest BCUT2D eigenvalue weighted by Gasteiger charge is 2.06. The number of ether oxygens (including phenoxy) is 2. The van der Waals surface area contributed by atoms with Crippen LogP contribution < -0.4 is 15.4 Å². The molecule has 1 atom stereocenters. The summed E-state index contributed by atoms with van der Waals surface area (Å²) in [6.45, 7) is 8.49. The van der Waals surface area contributed by atoms with E-state index in [1.807, 2.05) is 13.8 Å². The third-order valence-electron chi connectivity index (χ3n) is 3.45. The third kappa shape index (κ3) is 9.89. The van der Waals surface area contributed by atoms with Gasteiger partial charge in [0.25, 0.3) is 0 Å². The second-order valence-corrected chi connectivity index (χ2v) is 5.83. The Balaban J connectivity index is 2.40. The van der Waals surface area contributed by atoms with Crippen LogP contribution >= 0.6 is 0 Å². The van der Waals surface area contributed by atoms with Crippen molar-refractivity contribution in [1.29, 1.82) is 0 Å². The van der Waals surface area contributed by atoms with Crippen LogP contribution in [0.4, 0.5) is 4.39 Å². The number of nitrogens with one attached hydrogen (secondary N) is 2. The van der Waals surface area contributed by atoms with Crippen molar-refractivity contribution < 1.29 is 13.9 Å². The molecule has 0 bridgehead atoms. The summed E-state index contributed by atoms with van der Waals surface area (Å²) in [6.07, 6.45) is -0.151. The molecule has 0 saturated carbocycles. The van der Waals surface area contributed by atoms with Crippen molar-refractivity contribution in [2.75, 3.05) is 53.5 Å². The first kappa shape index (κ1) is 21.2. The predicted molar refractivity (Wildman–Crippen MR) is 99.8 cm³/mol. The Morgan fingerprint density at radius 1 is 1.32 bits per heavy atom. The number of benzene rings is 1. The summed E-state index contributed by atoms with van der Waals surface area (Å²) >= 11 is 0. The lowest BCUT2D eigenvalue weighted by Gasteiger charge is -2.18. The molecule has 142 valence electrons. The molecule has 0 heterocycles. The normalized spacial score (nSPS) is 13.0. The number of aliphatic imine (C=N–C) groups is 1. The van der Waals surface area contributed by atoms with Gasteiger partial charge >= 0.3 is 0 Å². The number of hydrogen-bond donors (Lipinski definition) is 2. The van der Waals surface area contributed by atoms with Gasteiger partial charge in [-0.15, -0.1) is 0 Å². The third-order valence-corrected chi connectivity index (χ3v) is 3.45. The first-order chi connectivity index (χ1) is 12.0. The van der Waals surface area contributed by atoms with Gasteiger partial charge in [0.2, 0.25) is 0 Å². The van der Waals surface area contributed by atoms with E-state index in [-0.39, 0.29) is 11.9 Å². The summed E-state index contributed by atoms with van der Waals surface area (Å²) in [5.41, 5.74) is 0. The van der Waals surface area contributed by atoms with E-state index in [0.717, 1.165) is 38.7 Å². The number of methoxy groups -OCH3 is 1. The molecule has 0 amide bonds. The fourth-order valence-electron chi connectivity index (χ4n) is 2.10. The SMILES string of the molecule is CCNC(=NCC(C)Oc1cccc(F)c1)NCCN(C)CCOC. The quantitative estimate of drug-likeness (QED) is 0.468. The molecule has 1 rings (SSSR count). The molecule has 1 aromatic carbocycles. The summed E-state index contributed by atoms with van der Waals surface area (Å²) in [7, 11) is 3.76. The molecule has 0 aliphatic heterocycles. The molecule has 1 unspecified atom stereocenters. The van der Waals surface area contributed by atoms with Crippen molar-refractivity contribution in [2.24, 2.45) is 4.99 Å².